The molecule has 0 bridgehead atoms. The minimum atomic E-state index is -0.273. The number of fused-ring (bicyclic) bond motifs is 1. The van der Waals surface area contributed by atoms with Crippen molar-refractivity contribution in [2.45, 2.75) is 6.04 Å². The molecule has 2 aromatic carbocycles. The number of nitrogens with one attached hydrogen (secondary N) is 1. The van der Waals surface area contributed by atoms with Crippen LogP contribution in [-0.4, -0.2) is 50.4 Å². The van der Waals surface area contributed by atoms with E-state index in [1.165, 1.54) is 18.2 Å². The molecule has 0 spiro atoms. The van der Waals surface area contributed by atoms with Crippen LogP contribution in [0.15, 0.2) is 48.5 Å². The van der Waals surface area contributed by atoms with Gasteiger partial charge in [-0.05, 0) is 41.5 Å². The molecule has 1 atom stereocenters. The number of nitrogens with zero attached hydrogens (tertiary/aromatic N) is 1. The second kappa shape index (κ2) is 9.07. The highest BCUT2D eigenvalue weighted by Gasteiger charge is 2.23. The van der Waals surface area contributed by atoms with Crippen molar-refractivity contribution in [2.75, 3.05) is 39.6 Å². The van der Waals surface area contributed by atoms with Gasteiger partial charge in [0.15, 0.2) is 11.5 Å². The van der Waals surface area contributed by atoms with Gasteiger partial charge in [-0.3, -0.25) is 9.69 Å². The third-order valence-electron chi connectivity index (χ3n) is 5.03. The maximum Gasteiger partial charge on any atom is 0.244 e. The van der Waals surface area contributed by atoms with Crippen LogP contribution in [0.4, 0.5) is 4.39 Å². The molecule has 29 heavy (non-hydrogen) atoms. The van der Waals surface area contributed by atoms with E-state index in [1.807, 2.05) is 18.2 Å². The molecule has 1 N–H and O–H groups in total. The van der Waals surface area contributed by atoms with E-state index in [0.29, 0.717) is 31.3 Å². The minimum absolute atomic E-state index is 0.0395. The molecule has 7 heteroatoms. The van der Waals surface area contributed by atoms with Crippen LogP contribution in [0.2, 0.25) is 0 Å². The number of carbonyl (C=O) groups excluding carboxylic acids is 1. The lowest BCUT2D eigenvalue weighted by Gasteiger charge is -2.34. The molecule has 1 amide bonds. The maximum atomic E-state index is 13.3. The molecule has 0 aliphatic carbocycles. The summed E-state index contributed by atoms with van der Waals surface area (Å²) in [5, 5.41) is 2.96. The monoisotopic (exact) mass is 398 g/mol. The molecule has 0 saturated carbocycles. The highest BCUT2D eigenvalue weighted by atomic mass is 19.1. The second-order valence-electron chi connectivity index (χ2n) is 6.91. The van der Waals surface area contributed by atoms with Gasteiger partial charge in [-0.15, -0.1) is 0 Å². The van der Waals surface area contributed by atoms with Crippen LogP contribution in [0.25, 0.3) is 6.08 Å². The molecule has 0 radical (unpaired) electrons. The molecule has 1 saturated heterocycles. The number of halogens is 1. The number of amides is 1. The summed E-state index contributed by atoms with van der Waals surface area (Å²) in [7, 11) is 0. The zero-order valence-corrected chi connectivity index (χ0v) is 16.0. The van der Waals surface area contributed by atoms with E-state index < -0.39 is 0 Å². The van der Waals surface area contributed by atoms with Gasteiger partial charge in [0.1, 0.15) is 5.82 Å². The SMILES string of the molecule is O=C(/C=C/c1ccc2c(c1)OCO2)NCC(c1ccc(F)cc1)N1CCOCC1. The summed E-state index contributed by atoms with van der Waals surface area (Å²) in [6.45, 7) is 3.48. The van der Waals surface area contributed by atoms with Gasteiger partial charge in [0.05, 0.1) is 19.3 Å². The quantitative estimate of drug-likeness (QED) is 0.759. The van der Waals surface area contributed by atoms with Gasteiger partial charge >= 0.3 is 0 Å². The molecule has 152 valence electrons. The van der Waals surface area contributed by atoms with Gasteiger partial charge < -0.3 is 19.5 Å². The molecule has 2 aliphatic rings. The topological polar surface area (TPSA) is 60.0 Å². The van der Waals surface area contributed by atoms with E-state index in [9.17, 15) is 9.18 Å². The summed E-state index contributed by atoms with van der Waals surface area (Å²) >= 11 is 0. The van der Waals surface area contributed by atoms with E-state index in [0.717, 1.165) is 24.2 Å². The summed E-state index contributed by atoms with van der Waals surface area (Å²) < 4.78 is 29.4. The van der Waals surface area contributed by atoms with E-state index in [-0.39, 0.29) is 24.6 Å². The van der Waals surface area contributed by atoms with Gasteiger partial charge in [0.2, 0.25) is 12.7 Å². The molecule has 2 heterocycles. The van der Waals surface area contributed by atoms with Crippen LogP contribution < -0.4 is 14.8 Å². The summed E-state index contributed by atoms with van der Waals surface area (Å²) in [6.07, 6.45) is 3.23. The lowest BCUT2D eigenvalue weighted by molar-refractivity contribution is -0.116. The number of rotatable bonds is 6. The summed E-state index contributed by atoms with van der Waals surface area (Å²) in [4.78, 5) is 14.6. The first-order valence-corrected chi connectivity index (χ1v) is 9.62. The predicted octanol–water partition coefficient (Wildman–Crippen LogP) is 2.76. The van der Waals surface area contributed by atoms with Gasteiger partial charge in [-0.2, -0.15) is 0 Å². The second-order valence-corrected chi connectivity index (χ2v) is 6.91. The Labute approximate surface area is 168 Å². The standard InChI is InChI=1S/C22H23FN2O4/c23-18-5-3-17(4-6-18)19(25-9-11-27-12-10-25)14-24-22(26)8-2-16-1-7-20-21(13-16)29-15-28-20/h1-8,13,19H,9-12,14-15H2,(H,24,26)/b8-2+. The van der Waals surface area contributed by atoms with Crippen LogP contribution in [0.3, 0.4) is 0 Å². The Hall–Kier alpha value is -2.90. The zero-order chi connectivity index (χ0) is 20.1. The molecule has 6 nitrogen and oxygen atoms in total. The van der Waals surface area contributed by atoms with Crippen molar-refractivity contribution >= 4 is 12.0 Å². The fourth-order valence-corrected chi connectivity index (χ4v) is 3.48. The van der Waals surface area contributed by atoms with E-state index in [2.05, 4.69) is 10.2 Å². The highest BCUT2D eigenvalue weighted by molar-refractivity contribution is 5.91. The van der Waals surface area contributed by atoms with Crippen molar-refractivity contribution < 1.29 is 23.4 Å². The molecular weight excluding hydrogens is 375 g/mol. The van der Waals surface area contributed by atoms with Gasteiger partial charge in [-0.25, -0.2) is 4.39 Å². The van der Waals surface area contributed by atoms with E-state index >= 15 is 0 Å². The smallest absolute Gasteiger partial charge is 0.244 e. The number of carbonyl (C=O) groups is 1. The average Bonchev–Trinajstić information content (AvgIpc) is 3.22. The fraction of sp³-hybridized carbons (Fsp3) is 0.318. The largest absolute Gasteiger partial charge is 0.454 e. The molecule has 4 rings (SSSR count). The zero-order valence-electron chi connectivity index (χ0n) is 16.0. The lowest BCUT2D eigenvalue weighted by Crippen LogP contribution is -2.43. The van der Waals surface area contributed by atoms with E-state index in [4.69, 9.17) is 14.2 Å². The van der Waals surface area contributed by atoms with Crippen molar-refractivity contribution in [3.05, 3.63) is 65.5 Å². The number of morpholine rings is 1. The third-order valence-corrected chi connectivity index (χ3v) is 5.03. The summed E-state index contributed by atoms with van der Waals surface area (Å²) in [6, 6.07) is 11.9. The molecule has 2 aliphatic heterocycles. The van der Waals surface area contributed by atoms with Crippen molar-refractivity contribution in [1.82, 2.24) is 10.2 Å². The maximum absolute atomic E-state index is 13.3. The normalized spacial score (nSPS) is 17.4. The number of hydrogen-bond acceptors (Lipinski definition) is 5. The lowest BCUT2D eigenvalue weighted by atomic mass is 10.0. The first kappa shape index (κ1) is 19.4. The van der Waals surface area contributed by atoms with Gasteiger partial charge in [-0.1, -0.05) is 18.2 Å². The van der Waals surface area contributed by atoms with Crippen LogP contribution >= 0.6 is 0 Å². The van der Waals surface area contributed by atoms with Crippen molar-refractivity contribution in [1.29, 1.82) is 0 Å². The van der Waals surface area contributed by atoms with Crippen LogP contribution in [0.5, 0.6) is 11.5 Å². The van der Waals surface area contributed by atoms with Gasteiger partial charge in [0, 0.05) is 25.7 Å². The number of hydrogen-bond donors (Lipinski definition) is 1. The Bertz CT molecular complexity index is 879. The first-order chi connectivity index (χ1) is 14.2. The Morgan fingerprint density at radius 3 is 2.66 bits per heavy atom. The van der Waals surface area contributed by atoms with Crippen molar-refractivity contribution in [3.63, 3.8) is 0 Å². The van der Waals surface area contributed by atoms with Gasteiger partial charge in [0.25, 0.3) is 0 Å². The number of benzene rings is 2. The minimum Gasteiger partial charge on any atom is -0.454 e. The molecule has 1 unspecified atom stereocenters. The third kappa shape index (κ3) is 4.93. The van der Waals surface area contributed by atoms with Crippen molar-refractivity contribution in [3.8, 4) is 11.5 Å². The summed E-state index contributed by atoms with van der Waals surface area (Å²) in [5.74, 6) is 0.920. The fourth-order valence-electron chi connectivity index (χ4n) is 3.48. The Kier molecular flexibility index (Phi) is 6.07. The van der Waals surface area contributed by atoms with Crippen LogP contribution in [0, 0.1) is 5.82 Å². The summed E-state index contributed by atoms with van der Waals surface area (Å²) in [5.41, 5.74) is 1.82. The first-order valence-electron chi connectivity index (χ1n) is 9.62. The van der Waals surface area contributed by atoms with Crippen LogP contribution in [0.1, 0.15) is 17.2 Å². The highest BCUT2D eigenvalue weighted by Crippen LogP contribution is 2.32. The average molecular weight is 398 g/mol. The van der Waals surface area contributed by atoms with E-state index in [1.54, 1.807) is 18.2 Å². The Morgan fingerprint density at radius 1 is 1.10 bits per heavy atom. The van der Waals surface area contributed by atoms with Crippen LogP contribution in [-0.2, 0) is 9.53 Å². The molecule has 1 fully saturated rings. The predicted molar refractivity (Wildman–Crippen MR) is 106 cm³/mol. The number of ether oxygens (including phenoxy) is 3. The molecule has 0 aromatic heterocycles. The van der Waals surface area contributed by atoms with Crippen molar-refractivity contribution in [2.24, 2.45) is 0 Å². The Balaban J connectivity index is 1.39. The Morgan fingerprint density at radius 2 is 1.86 bits per heavy atom. The molecular formula is C22H23FN2O4. The molecule has 2 aromatic rings.